The quantitative estimate of drug-likeness (QED) is 0.166. The summed E-state index contributed by atoms with van der Waals surface area (Å²) in [6, 6.07) is 69.4. The summed E-state index contributed by atoms with van der Waals surface area (Å²) in [5.74, 6) is 0. The molecular weight excluding hydrogens is 663 g/mol. The first kappa shape index (κ1) is 33.2. The molecule has 2 aliphatic carbocycles. The fourth-order valence-electron chi connectivity index (χ4n) is 9.60. The fraction of sp³-hybridized carbons (Fsp3) is 0.111. The summed E-state index contributed by atoms with van der Waals surface area (Å²) in [5, 5.41) is 0. The minimum absolute atomic E-state index is 0.0835. The zero-order valence-electron chi connectivity index (χ0n) is 31.8. The Kier molecular flexibility index (Phi) is 7.58. The molecule has 0 saturated carbocycles. The van der Waals surface area contributed by atoms with Crippen molar-refractivity contribution in [3.8, 4) is 55.6 Å². The average Bonchev–Trinajstić information content (AvgIpc) is 3.61. The third-order valence-electron chi connectivity index (χ3n) is 12.3. The SMILES string of the molecule is CC1(C)c2ccccc2-c2ccc(-c3ccccc3N(c3ccc(-c4cccc5c4C(C)(C)c4ccccc4-5)cc3)c3ccccc3-c3ccccc3)cc21. The number of hydrogen-bond donors (Lipinski definition) is 0. The molecule has 8 aromatic rings. The number of rotatable bonds is 6. The molecule has 1 nitrogen and oxygen atoms in total. The summed E-state index contributed by atoms with van der Waals surface area (Å²) in [5.41, 5.74) is 21.5. The van der Waals surface area contributed by atoms with E-state index >= 15 is 0 Å². The summed E-state index contributed by atoms with van der Waals surface area (Å²) < 4.78 is 0. The Bertz CT molecular complexity index is 2750. The van der Waals surface area contributed by atoms with Crippen LogP contribution >= 0.6 is 0 Å². The first-order chi connectivity index (χ1) is 26.8. The zero-order chi connectivity index (χ0) is 37.3. The van der Waals surface area contributed by atoms with Crippen LogP contribution in [-0.4, -0.2) is 0 Å². The number of anilines is 3. The van der Waals surface area contributed by atoms with Crippen LogP contribution in [0.3, 0.4) is 0 Å². The van der Waals surface area contributed by atoms with Crippen molar-refractivity contribution >= 4 is 17.1 Å². The van der Waals surface area contributed by atoms with Gasteiger partial charge in [0, 0.05) is 27.6 Å². The third kappa shape index (κ3) is 5.14. The number of hydrogen-bond acceptors (Lipinski definition) is 1. The molecule has 10 rings (SSSR count). The van der Waals surface area contributed by atoms with E-state index in [-0.39, 0.29) is 10.8 Å². The van der Waals surface area contributed by atoms with Crippen molar-refractivity contribution < 1.29 is 0 Å². The average molecular weight is 706 g/mol. The van der Waals surface area contributed by atoms with E-state index in [0.717, 1.165) is 17.1 Å². The number of benzene rings is 8. The minimum atomic E-state index is -0.0907. The van der Waals surface area contributed by atoms with Gasteiger partial charge in [0.2, 0.25) is 0 Å². The fourth-order valence-corrected chi connectivity index (χ4v) is 9.60. The van der Waals surface area contributed by atoms with Gasteiger partial charge in [0.15, 0.2) is 0 Å². The molecule has 55 heavy (non-hydrogen) atoms. The van der Waals surface area contributed by atoms with Crippen LogP contribution in [-0.2, 0) is 10.8 Å². The van der Waals surface area contributed by atoms with E-state index in [2.05, 4.69) is 221 Å². The van der Waals surface area contributed by atoms with Crippen molar-refractivity contribution in [2.45, 2.75) is 38.5 Å². The van der Waals surface area contributed by atoms with E-state index in [0.29, 0.717) is 0 Å². The van der Waals surface area contributed by atoms with Gasteiger partial charge in [-0.15, -0.1) is 0 Å². The normalized spacial score (nSPS) is 14.1. The standard InChI is InChI=1S/C54H43N/c1-53(2)47-25-12-8-21-43(47)45-34-31-38(35-49(45)53)41-20-11-15-28-51(41)55(50-27-14-10-19-40(50)36-17-6-5-7-18-36)39-32-29-37(30-33-39)42-23-16-24-46-44-22-9-13-26-48(44)54(3,4)52(42)46/h5-35H,1-4H3. The molecule has 1 heteroatoms. The number of fused-ring (bicyclic) bond motifs is 6. The largest absolute Gasteiger partial charge is 0.309 e. The predicted octanol–water partition coefficient (Wildman–Crippen LogP) is 14.8. The second-order valence-electron chi connectivity index (χ2n) is 16.1. The Labute approximate surface area is 325 Å². The monoisotopic (exact) mass is 705 g/mol. The van der Waals surface area contributed by atoms with Crippen molar-refractivity contribution in [1.82, 2.24) is 0 Å². The molecule has 0 atom stereocenters. The smallest absolute Gasteiger partial charge is 0.0540 e. The first-order valence-electron chi connectivity index (χ1n) is 19.4. The Hall–Kier alpha value is -6.44. The Balaban J connectivity index is 1.14. The Morgan fingerprint density at radius 1 is 0.309 bits per heavy atom. The molecule has 0 bridgehead atoms. The summed E-state index contributed by atoms with van der Waals surface area (Å²) >= 11 is 0. The Morgan fingerprint density at radius 3 is 1.44 bits per heavy atom. The lowest BCUT2D eigenvalue weighted by atomic mass is 9.79. The van der Waals surface area contributed by atoms with E-state index in [1.807, 2.05) is 0 Å². The van der Waals surface area contributed by atoms with Crippen LogP contribution in [0.4, 0.5) is 17.1 Å². The lowest BCUT2D eigenvalue weighted by molar-refractivity contribution is 0.660. The molecule has 0 saturated heterocycles. The molecule has 0 amide bonds. The number of para-hydroxylation sites is 2. The maximum Gasteiger partial charge on any atom is 0.0540 e. The van der Waals surface area contributed by atoms with Crippen LogP contribution in [0.25, 0.3) is 55.6 Å². The summed E-state index contributed by atoms with van der Waals surface area (Å²) in [7, 11) is 0. The van der Waals surface area contributed by atoms with Crippen molar-refractivity contribution in [2.75, 3.05) is 4.90 Å². The lowest BCUT2D eigenvalue weighted by Gasteiger charge is -2.30. The van der Waals surface area contributed by atoms with Gasteiger partial charge in [-0.2, -0.15) is 0 Å². The molecule has 0 aliphatic heterocycles. The van der Waals surface area contributed by atoms with Crippen LogP contribution in [0.2, 0.25) is 0 Å². The topological polar surface area (TPSA) is 3.24 Å². The van der Waals surface area contributed by atoms with Crippen LogP contribution in [0, 0.1) is 0 Å². The summed E-state index contributed by atoms with van der Waals surface area (Å²) in [4.78, 5) is 2.46. The third-order valence-corrected chi connectivity index (χ3v) is 12.3. The van der Waals surface area contributed by atoms with Gasteiger partial charge >= 0.3 is 0 Å². The van der Waals surface area contributed by atoms with E-state index in [9.17, 15) is 0 Å². The van der Waals surface area contributed by atoms with Gasteiger partial charge in [0.25, 0.3) is 0 Å². The van der Waals surface area contributed by atoms with Crippen LogP contribution < -0.4 is 4.90 Å². The molecule has 264 valence electrons. The van der Waals surface area contributed by atoms with Crippen molar-refractivity contribution in [3.63, 3.8) is 0 Å². The predicted molar refractivity (Wildman–Crippen MR) is 233 cm³/mol. The maximum atomic E-state index is 2.46. The maximum absolute atomic E-state index is 2.46. The van der Waals surface area contributed by atoms with Gasteiger partial charge < -0.3 is 4.90 Å². The molecule has 0 radical (unpaired) electrons. The second-order valence-corrected chi connectivity index (χ2v) is 16.1. The van der Waals surface area contributed by atoms with Crippen molar-refractivity contribution in [3.05, 3.63) is 210 Å². The van der Waals surface area contributed by atoms with Gasteiger partial charge in [-0.1, -0.05) is 185 Å². The molecular formula is C54H43N. The summed E-state index contributed by atoms with van der Waals surface area (Å²) in [6.07, 6.45) is 0. The molecule has 0 unspecified atom stereocenters. The van der Waals surface area contributed by atoms with Crippen LogP contribution in [0.5, 0.6) is 0 Å². The minimum Gasteiger partial charge on any atom is -0.309 e. The van der Waals surface area contributed by atoms with Gasteiger partial charge in [-0.25, -0.2) is 0 Å². The highest BCUT2D eigenvalue weighted by Gasteiger charge is 2.38. The number of nitrogens with zero attached hydrogens (tertiary/aromatic N) is 1. The summed E-state index contributed by atoms with van der Waals surface area (Å²) in [6.45, 7) is 9.46. The van der Waals surface area contributed by atoms with E-state index < -0.39 is 0 Å². The lowest BCUT2D eigenvalue weighted by Crippen LogP contribution is -2.16. The molecule has 0 spiro atoms. The molecule has 0 aromatic heterocycles. The van der Waals surface area contributed by atoms with Crippen molar-refractivity contribution in [2.24, 2.45) is 0 Å². The van der Waals surface area contributed by atoms with Crippen molar-refractivity contribution in [1.29, 1.82) is 0 Å². The van der Waals surface area contributed by atoms with Gasteiger partial charge in [0.1, 0.15) is 0 Å². The molecule has 0 heterocycles. The highest BCUT2D eigenvalue weighted by molar-refractivity contribution is 5.95. The molecule has 0 fully saturated rings. The van der Waals surface area contributed by atoms with E-state index in [1.54, 1.807) is 0 Å². The highest BCUT2D eigenvalue weighted by atomic mass is 15.1. The van der Waals surface area contributed by atoms with Gasteiger partial charge in [-0.05, 0) is 97.1 Å². The first-order valence-corrected chi connectivity index (χ1v) is 19.4. The van der Waals surface area contributed by atoms with Gasteiger partial charge in [0.05, 0.1) is 11.4 Å². The van der Waals surface area contributed by atoms with E-state index in [1.165, 1.54) is 77.9 Å². The van der Waals surface area contributed by atoms with E-state index in [4.69, 9.17) is 0 Å². The Morgan fingerprint density at radius 2 is 0.764 bits per heavy atom. The van der Waals surface area contributed by atoms with Crippen LogP contribution in [0.15, 0.2) is 188 Å². The molecule has 2 aliphatic rings. The molecule has 8 aromatic carbocycles. The molecule has 0 N–H and O–H groups in total. The van der Waals surface area contributed by atoms with Crippen LogP contribution in [0.1, 0.15) is 49.9 Å². The highest BCUT2D eigenvalue weighted by Crippen LogP contribution is 2.53. The second kappa shape index (κ2) is 12.6. The zero-order valence-corrected chi connectivity index (χ0v) is 31.8. The van der Waals surface area contributed by atoms with Gasteiger partial charge in [-0.3, -0.25) is 0 Å².